The third-order valence-electron chi connectivity index (χ3n) is 2.66. The maximum absolute atomic E-state index is 11.5. The highest BCUT2D eigenvalue weighted by Gasteiger charge is 2.32. The molecule has 2 rings (SSSR count). The number of hydrogen-bond donors (Lipinski definition) is 0. The number of hydrogen-bond acceptors (Lipinski definition) is 2. The zero-order valence-corrected chi connectivity index (χ0v) is 10.5. The van der Waals surface area contributed by atoms with E-state index in [4.69, 9.17) is 4.74 Å². The molecule has 0 aromatic carbocycles. The Morgan fingerprint density at radius 3 is 3.07 bits per heavy atom. The molecule has 4 heteroatoms. The molecule has 1 heterocycles. The van der Waals surface area contributed by atoms with Crippen LogP contribution in [-0.4, -0.2) is 28.3 Å². The Balaban J connectivity index is 2.33. The van der Waals surface area contributed by atoms with E-state index in [-0.39, 0.29) is 10.2 Å². The molecular weight excluding hydrogens is 258 g/mol. The SMILES string of the molecule is CC(=O)N1CCOC2=C1CC(C)(Br)C=C2. The molecule has 2 aliphatic rings. The minimum absolute atomic E-state index is 0.0692. The molecule has 0 saturated heterocycles. The number of alkyl halides is 1. The third-order valence-corrected chi connectivity index (χ3v) is 3.20. The normalized spacial score (nSPS) is 29.9. The van der Waals surface area contributed by atoms with Gasteiger partial charge in [0.25, 0.3) is 0 Å². The lowest BCUT2D eigenvalue weighted by Gasteiger charge is -2.36. The molecule has 15 heavy (non-hydrogen) atoms. The van der Waals surface area contributed by atoms with Gasteiger partial charge in [0, 0.05) is 17.7 Å². The van der Waals surface area contributed by atoms with Crippen molar-refractivity contribution in [2.45, 2.75) is 24.6 Å². The first-order valence-electron chi connectivity index (χ1n) is 5.02. The summed E-state index contributed by atoms with van der Waals surface area (Å²) in [6, 6.07) is 0. The van der Waals surface area contributed by atoms with Crippen LogP contribution in [0.25, 0.3) is 0 Å². The zero-order chi connectivity index (χ0) is 11.1. The summed E-state index contributed by atoms with van der Waals surface area (Å²) in [5, 5.41) is 0. The summed E-state index contributed by atoms with van der Waals surface area (Å²) in [6.45, 7) is 4.92. The molecule has 1 unspecified atom stereocenters. The van der Waals surface area contributed by atoms with Crippen molar-refractivity contribution in [3.8, 4) is 0 Å². The fourth-order valence-electron chi connectivity index (χ4n) is 1.91. The van der Waals surface area contributed by atoms with Gasteiger partial charge in [-0.15, -0.1) is 0 Å². The van der Waals surface area contributed by atoms with Gasteiger partial charge in [0.2, 0.25) is 5.91 Å². The van der Waals surface area contributed by atoms with E-state index >= 15 is 0 Å². The molecule has 3 nitrogen and oxygen atoms in total. The van der Waals surface area contributed by atoms with Crippen molar-refractivity contribution < 1.29 is 9.53 Å². The molecule has 0 aromatic heterocycles. The van der Waals surface area contributed by atoms with Gasteiger partial charge in [-0.05, 0) is 13.0 Å². The molecule has 0 aromatic rings. The summed E-state index contributed by atoms with van der Waals surface area (Å²) >= 11 is 3.62. The van der Waals surface area contributed by atoms with Crippen LogP contribution >= 0.6 is 15.9 Å². The van der Waals surface area contributed by atoms with E-state index in [0.29, 0.717) is 13.2 Å². The second-order valence-electron chi connectivity index (χ2n) is 4.12. The largest absolute Gasteiger partial charge is 0.490 e. The highest BCUT2D eigenvalue weighted by atomic mass is 79.9. The molecule has 0 fully saturated rings. The average Bonchev–Trinajstić information content (AvgIpc) is 2.15. The van der Waals surface area contributed by atoms with Crippen LogP contribution in [0.3, 0.4) is 0 Å². The highest BCUT2D eigenvalue weighted by Crippen LogP contribution is 2.36. The van der Waals surface area contributed by atoms with Crippen LogP contribution in [-0.2, 0) is 9.53 Å². The van der Waals surface area contributed by atoms with Gasteiger partial charge in [0.15, 0.2) is 0 Å². The lowest BCUT2D eigenvalue weighted by Crippen LogP contribution is -2.39. The van der Waals surface area contributed by atoms with Crippen LogP contribution in [0.2, 0.25) is 0 Å². The summed E-state index contributed by atoms with van der Waals surface area (Å²) in [7, 11) is 0. The van der Waals surface area contributed by atoms with Crippen LogP contribution in [0, 0.1) is 0 Å². The van der Waals surface area contributed by atoms with Gasteiger partial charge < -0.3 is 9.64 Å². The predicted molar refractivity (Wildman–Crippen MR) is 61.5 cm³/mol. The van der Waals surface area contributed by atoms with Crippen LogP contribution in [0.15, 0.2) is 23.6 Å². The van der Waals surface area contributed by atoms with Gasteiger partial charge in [0.05, 0.1) is 12.2 Å². The van der Waals surface area contributed by atoms with Crippen molar-refractivity contribution in [3.05, 3.63) is 23.6 Å². The van der Waals surface area contributed by atoms with Crippen LogP contribution in [0.4, 0.5) is 0 Å². The van der Waals surface area contributed by atoms with Gasteiger partial charge in [0.1, 0.15) is 12.4 Å². The number of carbonyl (C=O) groups excluding carboxylic acids is 1. The van der Waals surface area contributed by atoms with E-state index in [2.05, 4.69) is 28.9 Å². The number of halogens is 1. The summed E-state index contributed by atoms with van der Waals surface area (Å²) in [6.07, 6.45) is 4.80. The number of carbonyl (C=O) groups is 1. The zero-order valence-electron chi connectivity index (χ0n) is 8.92. The van der Waals surface area contributed by atoms with Gasteiger partial charge in [-0.1, -0.05) is 22.0 Å². The average molecular weight is 272 g/mol. The molecule has 1 amide bonds. The Bertz CT molecular complexity index is 358. The second-order valence-corrected chi connectivity index (χ2v) is 5.93. The monoisotopic (exact) mass is 271 g/mol. The Kier molecular flexibility index (Phi) is 2.63. The van der Waals surface area contributed by atoms with Crippen molar-refractivity contribution in [2.75, 3.05) is 13.2 Å². The Labute approximate surface area is 97.9 Å². The number of amides is 1. The summed E-state index contributed by atoms with van der Waals surface area (Å²) < 4.78 is 5.46. The van der Waals surface area contributed by atoms with Gasteiger partial charge >= 0.3 is 0 Å². The Hall–Kier alpha value is -0.770. The van der Waals surface area contributed by atoms with E-state index in [9.17, 15) is 4.79 Å². The minimum Gasteiger partial charge on any atom is -0.490 e. The molecular formula is C11H14BrNO2. The van der Waals surface area contributed by atoms with E-state index in [1.807, 2.05) is 11.0 Å². The summed E-state index contributed by atoms with van der Waals surface area (Å²) in [5.74, 6) is 0.928. The maximum atomic E-state index is 11.5. The summed E-state index contributed by atoms with van der Waals surface area (Å²) in [4.78, 5) is 13.3. The van der Waals surface area contributed by atoms with Gasteiger partial charge in [-0.2, -0.15) is 0 Å². The minimum atomic E-state index is -0.0692. The molecule has 0 radical (unpaired) electrons. The van der Waals surface area contributed by atoms with Crippen molar-refractivity contribution >= 4 is 21.8 Å². The third kappa shape index (κ3) is 2.09. The fraction of sp³-hybridized carbons (Fsp3) is 0.545. The maximum Gasteiger partial charge on any atom is 0.223 e. The van der Waals surface area contributed by atoms with Crippen LogP contribution in [0.5, 0.6) is 0 Å². The molecule has 0 N–H and O–H groups in total. The Morgan fingerprint density at radius 1 is 1.67 bits per heavy atom. The topological polar surface area (TPSA) is 29.5 Å². The molecule has 82 valence electrons. The first kappa shape index (κ1) is 10.7. The van der Waals surface area contributed by atoms with Crippen molar-refractivity contribution in [2.24, 2.45) is 0 Å². The number of rotatable bonds is 0. The van der Waals surface area contributed by atoms with Gasteiger partial charge in [-0.3, -0.25) is 4.79 Å². The number of ether oxygens (including phenoxy) is 1. The Morgan fingerprint density at radius 2 is 2.40 bits per heavy atom. The second kappa shape index (κ2) is 3.67. The summed E-state index contributed by atoms with van der Waals surface area (Å²) in [5.41, 5.74) is 0.996. The van der Waals surface area contributed by atoms with Crippen molar-refractivity contribution in [3.63, 3.8) is 0 Å². The van der Waals surface area contributed by atoms with E-state index in [1.165, 1.54) is 0 Å². The first-order valence-corrected chi connectivity index (χ1v) is 5.81. The molecule has 0 bridgehead atoms. The standard InChI is InChI=1S/C11H14BrNO2/c1-8(14)13-5-6-15-10-3-4-11(2,12)7-9(10)13/h3-4H,5-7H2,1-2H3. The molecule has 1 aliphatic heterocycles. The van der Waals surface area contributed by atoms with Gasteiger partial charge in [-0.25, -0.2) is 0 Å². The predicted octanol–water partition coefficient (Wildman–Crippen LogP) is 2.19. The molecule has 0 saturated carbocycles. The van der Waals surface area contributed by atoms with Crippen LogP contribution in [0.1, 0.15) is 20.3 Å². The highest BCUT2D eigenvalue weighted by molar-refractivity contribution is 9.10. The molecule has 1 aliphatic carbocycles. The van der Waals surface area contributed by atoms with Crippen LogP contribution < -0.4 is 0 Å². The first-order chi connectivity index (χ1) is 6.99. The van der Waals surface area contributed by atoms with E-state index in [0.717, 1.165) is 17.9 Å². The quantitative estimate of drug-likeness (QED) is 0.633. The van der Waals surface area contributed by atoms with E-state index < -0.39 is 0 Å². The smallest absolute Gasteiger partial charge is 0.223 e. The lowest BCUT2D eigenvalue weighted by molar-refractivity contribution is -0.128. The van der Waals surface area contributed by atoms with E-state index in [1.54, 1.807) is 6.92 Å². The van der Waals surface area contributed by atoms with Crippen molar-refractivity contribution in [1.29, 1.82) is 0 Å². The molecule has 1 atom stereocenters. The number of nitrogens with zero attached hydrogens (tertiary/aromatic N) is 1. The lowest BCUT2D eigenvalue weighted by atomic mass is 9.97. The molecule has 0 spiro atoms. The number of allylic oxidation sites excluding steroid dienone is 3. The fourth-order valence-corrected chi connectivity index (χ4v) is 2.31. The van der Waals surface area contributed by atoms with Crippen molar-refractivity contribution in [1.82, 2.24) is 4.90 Å².